The van der Waals surface area contributed by atoms with Crippen molar-refractivity contribution in [2.45, 2.75) is 58.6 Å². The van der Waals surface area contributed by atoms with Crippen molar-refractivity contribution in [3.05, 3.63) is 10.6 Å². The Morgan fingerprint density at radius 1 is 1.43 bits per heavy atom. The lowest BCUT2D eigenvalue weighted by molar-refractivity contribution is 0.0225. The molecule has 7 nitrogen and oxygen atoms in total. The standard InChI is InChI=1S/C15H24N4O3S/c1-5-11-12(23-18-17-11)13(20)16-9-10-7-6-8-19(10)14(21)22-15(2,3)4/h10H,5-9H2,1-4H3,(H,16,20). The highest BCUT2D eigenvalue weighted by molar-refractivity contribution is 7.08. The van der Waals surface area contributed by atoms with Crippen LogP contribution in [0.2, 0.25) is 0 Å². The number of amides is 2. The molecule has 8 heteroatoms. The van der Waals surface area contributed by atoms with Gasteiger partial charge in [0.05, 0.1) is 11.7 Å². The fraction of sp³-hybridized carbons (Fsp3) is 0.733. The minimum atomic E-state index is -0.516. The van der Waals surface area contributed by atoms with E-state index in [2.05, 4.69) is 14.9 Å². The Morgan fingerprint density at radius 3 is 2.83 bits per heavy atom. The van der Waals surface area contributed by atoms with Gasteiger partial charge in [-0.3, -0.25) is 4.79 Å². The molecule has 128 valence electrons. The number of aryl methyl sites for hydroxylation is 1. The normalized spacial score (nSPS) is 18.1. The molecule has 23 heavy (non-hydrogen) atoms. The largest absolute Gasteiger partial charge is 0.444 e. The fourth-order valence-corrected chi connectivity index (χ4v) is 3.18. The number of hydrogen-bond donors (Lipinski definition) is 1. The van der Waals surface area contributed by atoms with Crippen LogP contribution in [0.4, 0.5) is 4.79 Å². The van der Waals surface area contributed by atoms with E-state index in [1.165, 1.54) is 0 Å². The molecule has 1 aromatic heterocycles. The maximum atomic E-state index is 12.2. The predicted molar refractivity (Wildman–Crippen MR) is 87.6 cm³/mol. The van der Waals surface area contributed by atoms with Crippen LogP contribution in [0, 0.1) is 0 Å². The minimum Gasteiger partial charge on any atom is -0.444 e. The summed E-state index contributed by atoms with van der Waals surface area (Å²) in [5.74, 6) is -0.173. The second-order valence-electron chi connectivity index (χ2n) is 6.58. The maximum absolute atomic E-state index is 12.2. The lowest BCUT2D eigenvalue weighted by atomic mass is 10.2. The van der Waals surface area contributed by atoms with E-state index < -0.39 is 5.60 Å². The lowest BCUT2D eigenvalue weighted by Crippen LogP contribution is -2.45. The van der Waals surface area contributed by atoms with E-state index in [4.69, 9.17) is 4.74 Å². The first kappa shape index (κ1) is 17.7. The summed E-state index contributed by atoms with van der Waals surface area (Å²) in [4.78, 5) is 26.7. The van der Waals surface area contributed by atoms with Gasteiger partial charge >= 0.3 is 6.09 Å². The number of hydrogen-bond acceptors (Lipinski definition) is 6. The molecule has 1 saturated heterocycles. The molecule has 1 N–H and O–H groups in total. The summed E-state index contributed by atoms with van der Waals surface area (Å²) in [6, 6.07) is -0.0280. The molecule has 0 saturated carbocycles. The Labute approximate surface area is 140 Å². The van der Waals surface area contributed by atoms with Crippen molar-refractivity contribution in [3.63, 3.8) is 0 Å². The molecule has 0 spiro atoms. The van der Waals surface area contributed by atoms with E-state index in [-0.39, 0.29) is 18.0 Å². The van der Waals surface area contributed by atoms with E-state index in [9.17, 15) is 9.59 Å². The Bertz CT molecular complexity index is 567. The monoisotopic (exact) mass is 340 g/mol. The van der Waals surface area contributed by atoms with Gasteiger partial charge in [0.2, 0.25) is 0 Å². The van der Waals surface area contributed by atoms with Gasteiger partial charge in [-0.05, 0) is 51.6 Å². The molecule has 0 bridgehead atoms. The molecule has 0 radical (unpaired) electrons. The molecule has 2 heterocycles. The summed E-state index contributed by atoms with van der Waals surface area (Å²) in [6.07, 6.45) is 2.14. The van der Waals surface area contributed by atoms with Gasteiger partial charge in [0.25, 0.3) is 5.91 Å². The Balaban J connectivity index is 1.91. The highest BCUT2D eigenvalue weighted by Crippen LogP contribution is 2.20. The molecule has 1 unspecified atom stereocenters. The van der Waals surface area contributed by atoms with Crippen LogP contribution in [0.25, 0.3) is 0 Å². The van der Waals surface area contributed by atoms with Crippen LogP contribution in [0.5, 0.6) is 0 Å². The second-order valence-corrected chi connectivity index (χ2v) is 7.34. The Kier molecular flexibility index (Phi) is 5.56. The van der Waals surface area contributed by atoms with Crippen molar-refractivity contribution >= 4 is 23.5 Å². The van der Waals surface area contributed by atoms with Gasteiger partial charge in [-0.25, -0.2) is 4.79 Å². The van der Waals surface area contributed by atoms with Crippen LogP contribution in [0.3, 0.4) is 0 Å². The quantitative estimate of drug-likeness (QED) is 0.908. The molecular weight excluding hydrogens is 316 g/mol. The van der Waals surface area contributed by atoms with Crippen LogP contribution < -0.4 is 5.32 Å². The topological polar surface area (TPSA) is 84.4 Å². The number of nitrogens with zero attached hydrogens (tertiary/aromatic N) is 3. The van der Waals surface area contributed by atoms with Gasteiger partial charge in [-0.2, -0.15) is 0 Å². The minimum absolute atomic E-state index is 0.0280. The molecule has 2 rings (SSSR count). The average molecular weight is 340 g/mol. The van der Waals surface area contributed by atoms with E-state index in [1.54, 1.807) is 4.90 Å². The number of aromatic nitrogens is 2. The zero-order chi connectivity index (χ0) is 17.0. The van der Waals surface area contributed by atoms with Crippen LogP contribution in [0.1, 0.15) is 55.9 Å². The smallest absolute Gasteiger partial charge is 0.410 e. The molecule has 2 amide bonds. The number of ether oxygens (including phenoxy) is 1. The molecule has 1 aliphatic rings. The molecule has 1 fully saturated rings. The third kappa shape index (κ3) is 4.63. The Hall–Kier alpha value is -1.70. The molecular formula is C15H24N4O3S. The first-order chi connectivity index (χ1) is 10.8. The number of nitrogens with one attached hydrogen (secondary N) is 1. The van der Waals surface area contributed by atoms with Crippen molar-refractivity contribution in [1.29, 1.82) is 0 Å². The first-order valence-electron chi connectivity index (χ1n) is 7.91. The van der Waals surface area contributed by atoms with Gasteiger partial charge in [-0.1, -0.05) is 11.4 Å². The van der Waals surface area contributed by atoms with Crippen molar-refractivity contribution in [2.24, 2.45) is 0 Å². The van der Waals surface area contributed by atoms with Gasteiger partial charge < -0.3 is 15.0 Å². The summed E-state index contributed by atoms with van der Waals surface area (Å²) >= 11 is 1.10. The number of carbonyl (C=O) groups excluding carboxylic acids is 2. The summed E-state index contributed by atoms with van der Waals surface area (Å²) in [7, 11) is 0. The van der Waals surface area contributed by atoms with Crippen LogP contribution in [0.15, 0.2) is 0 Å². The third-order valence-electron chi connectivity index (χ3n) is 3.60. The summed E-state index contributed by atoms with van der Waals surface area (Å²) in [5.41, 5.74) is 0.195. The Morgan fingerprint density at radius 2 is 2.17 bits per heavy atom. The van der Waals surface area contributed by atoms with E-state index >= 15 is 0 Å². The van der Waals surface area contributed by atoms with Crippen molar-refractivity contribution < 1.29 is 14.3 Å². The molecule has 1 aromatic rings. The second kappa shape index (κ2) is 7.25. The van der Waals surface area contributed by atoms with Crippen LogP contribution in [-0.4, -0.2) is 51.2 Å². The summed E-state index contributed by atoms with van der Waals surface area (Å²) in [5, 5.41) is 6.83. The van der Waals surface area contributed by atoms with Crippen LogP contribution >= 0.6 is 11.5 Å². The van der Waals surface area contributed by atoms with Gasteiger partial charge in [0.15, 0.2) is 0 Å². The van der Waals surface area contributed by atoms with E-state index in [1.807, 2.05) is 27.7 Å². The maximum Gasteiger partial charge on any atom is 0.410 e. The number of likely N-dealkylation sites (tertiary alicyclic amines) is 1. The molecule has 1 atom stereocenters. The molecule has 1 aliphatic heterocycles. The summed E-state index contributed by atoms with van der Waals surface area (Å²) in [6.45, 7) is 8.56. The van der Waals surface area contributed by atoms with Crippen molar-refractivity contribution in [3.8, 4) is 0 Å². The molecule has 0 aliphatic carbocycles. The number of carbonyl (C=O) groups is 2. The van der Waals surface area contributed by atoms with E-state index in [0.29, 0.717) is 30.1 Å². The highest BCUT2D eigenvalue weighted by Gasteiger charge is 2.32. The van der Waals surface area contributed by atoms with Crippen molar-refractivity contribution in [2.75, 3.05) is 13.1 Å². The van der Waals surface area contributed by atoms with Gasteiger partial charge in [0, 0.05) is 13.1 Å². The van der Waals surface area contributed by atoms with E-state index in [0.717, 1.165) is 24.4 Å². The first-order valence-corrected chi connectivity index (χ1v) is 8.68. The molecule has 0 aromatic carbocycles. The highest BCUT2D eigenvalue weighted by atomic mass is 32.1. The fourth-order valence-electron chi connectivity index (χ4n) is 2.51. The zero-order valence-electron chi connectivity index (χ0n) is 14.1. The lowest BCUT2D eigenvalue weighted by Gasteiger charge is -2.28. The van der Waals surface area contributed by atoms with Crippen LogP contribution in [-0.2, 0) is 11.2 Å². The summed E-state index contributed by atoms with van der Waals surface area (Å²) < 4.78 is 9.25. The average Bonchev–Trinajstić information content (AvgIpc) is 3.11. The third-order valence-corrected chi connectivity index (χ3v) is 4.37. The van der Waals surface area contributed by atoms with Gasteiger partial charge in [0.1, 0.15) is 10.5 Å². The predicted octanol–water partition coefficient (Wildman–Crippen LogP) is 2.23. The number of rotatable bonds is 4. The zero-order valence-corrected chi connectivity index (χ0v) is 14.9. The van der Waals surface area contributed by atoms with Crippen molar-refractivity contribution in [1.82, 2.24) is 19.8 Å². The van der Waals surface area contributed by atoms with Gasteiger partial charge in [-0.15, -0.1) is 5.10 Å². The SMILES string of the molecule is CCc1nnsc1C(=O)NCC1CCCN1C(=O)OC(C)(C)C.